The maximum atomic E-state index is 5.87. The molecule has 0 spiro atoms. The molecule has 0 amide bonds. The average Bonchev–Trinajstić information content (AvgIpc) is 2.16. The fourth-order valence-electron chi connectivity index (χ4n) is 2.12. The van der Waals surface area contributed by atoms with Crippen LogP contribution in [0.4, 0.5) is 0 Å². The molecule has 1 rings (SSSR count). The SMILES string of the molecule is CC1CC(OCCCCCS)CC(C)O1. The normalized spacial score (nSPS) is 31.8. The zero-order valence-electron chi connectivity index (χ0n) is 9.95. The minimum atomic E-state index is 0.358. The summed E-state index contributed by atoms with van der Waals surface area (Å²) in [5.41, 5.74) is 0. The van der Waals surface area contributed by atoms with Gasteiger partial charge in [-0.15, -0.1) is 0 Å². The number of hydrogen-bond acceptors (Lipinski definition) is 3. The Bertz CT molecular complexity index is 154. The first-order chi connectivity index (χ1) is 7.22. The molecular weight excluding hydrogens is 208 g/mol. The van der Waals surface area contributed by atoms with E-state index in [1.165, 1.54) is 19.3 Å². The molecule has 0 N–H and O–H groups in total. The van der Waals surface area contributed by atoms with E-state index in [0.717, 1.165) is 25.2 Å². The Morgan fingerprint density at radius 1 is 1.13 bits per heavy atom. The van der Waals surface area contributed by atoms with E-state index in [2.05, 4.69) is 26.5 Å². The average molecular weight is 232 g/mol. The lowest BCUT2D eigenvalue weighted by molar-refractivity contribution is -0.102. The molecule has 0 aromatic heterocycles. The Hall–Kier alpha value is 0.270. The highest BCUT2D eigenvalue weighted by Gasteiger charge is 2.24. The van der Waals surface area contributed by atoms with Crippen molar-refractivity contribution in [3.8, 4) is 0 Å². The van der Waals surface area contributed by atoms with Gasteiger partial charge in [-0.05, 0) is 45.3 Å². The molecule has 1 aliphatic rings. The van der Waals surface area contributed by atoms with E-state index in [0.29, 0.717) is 18.3 Å². The van der Waals surface area contributed by atoms with Crippen molar-refractivity contribution >= 4 is 12.6 Å². The molecular formula is C12H24O2S. The van der Waals surface area contributed by atoms with E-state index in [1.807, 2.05) is 0 Å². The van der Waals surface area contributed by atoms with Gasteiger partial charge in [0.1, 0.15) is 0 Å². The first-order valence-corrected chi connectivity index (χ1v) is 6.73. The van der Waals surface area contributed by atoms with Crippen molar-refractivity contribution in [3.63, 3.8) is 0 Å². The zero-order chi connectivity index (χ0) is 11.1. The number of ether oxygens (including phenoxy) is 2. The molecule has 0 saturated carbocycles. The molecule has 1 fully saturated rings. The fourth-order valence-corrected chi connectivity index (χ4v) is 2.34. The summed E-state index contributed by atoms with van der Waals surface area (Å²) in [5, 5.41) is 0. The van der Waals surface area contributed by atoms with Crippen molar-refractivity contribution in [1.29, 1.82) is 0 Å². The summed E-state index contributed by atoms with van der Waals surface area (Å²) < 4.78 is 11.5. The number of rotatable bonds is 6. The van der Waals surface area contributed by atoms with Gasteiger partial charge in [0.05, 0.1) is 18.3 Å². The summed E-state index contributed by atoms with van der Waals surface area (Å²) in [6.45, 7) is 5.16. The lowest BCUT2D eigenvalue weighted by atomic mass is 10.0. The quantitative estimate of drug-likeness (QED) is 0.560. The van der Waals surface area contributed by atoms with Crippen LogP contribution in [0.3, 0.4) is 0 Å². The maximum absolute atomic E-state index is 5.87. The third-order valence-electron chi connectivity index (χ3n) is 2.81. The standard InChI is InChI=1S/C12H24O2S/c1-10-8-12(9-11(2)14-10)13-6-4-3-5-7-15/h10-12,15H,3-9H2,1-2H3. The second-order valence-electron chi connectivity index (χ2n) is 4.51. The summed E-state index contributed by atoms with van der Waals surface area (Å²) in [7, 11) is 0. The van der Waals surface area contributed by atoms with Crippen molar-refractivity contribution < 1.29 is 9.47 Å². The van der Waals surface area contributed by atoms with Crippen molar-refractivity contribution in [2.45, 2.75) is 64.3 Å². The van der Waals surface area contributed by atoms with Gasteiger partial charge in [-0.2, -0.15) is 12.6 Å². The van der Waals surface area contributed by atoms with Crippen molar-refractivity contribution in [1.82, 2.24) is 0 Å². The van der Waals surface area contributed by atoms with E-state index < -0.39 is 0 Å². The van der Waals surface area contributed by atoms with Crippen LogP contribution in [0.25, 0.3) is 0 Å². The molecule has 1 saturated heterocycles. The first-order valence-electron chi connectivity index (χ1n) is 6.10. The summed E-state index contributed by atoms with van der Waals surface area (Å²) in [5.74, 6) is 0.991. The molecule has 0 aliphatic carbocycles. The molecule has 2 unspecified atom stereocenters. The highest BCUT2D eigenvalue weighted by molar-refractivity contribution is 7.80. The molecule has 0 radical (unpaired) electrons. The zero-order valence-corrected chi connectivity index (χ0v) is 10.8. The molecule has 0 bridgehead atoms. The van der Waals surface area contributed by atoms with Crippen LogP contribution in [-0.2, 0) is 9.47 Å². The number of thiol groups is 1. The lowest BCUT2D eigenvalue weighted by Gasteiger charge is -2.32. The summed E-state index contributed by atoms with van der Waals surface area (Å²) in [6.07, 6.45) is 6.84. The molecule has 90 valence electrons. The molecule has 2 atom stereocenters. The Morgan fingerprint density at radius 2 is 1.80 bits per heavy atom. The van der Waals surface area contributed by atoms with Gasteiger partial charge in [-0.25, -0.2) is 0 Å². The van der Waals surface area contributed by atoms with Crippen molar-refractivity contribution in [3.05, 3.63) is 0 Å². The minimum absolute atomic E-state index is 0.358. The van der Waals surface area contributed by atoms with Gasteiger partial charge in [0, 0.05) is 6.61 Å². The Balaban J connectivity index is 2.04. The highest BCUT2D eigenvalue weighted by Crippen LogP contribution is 2.21. The molecule has 1 aliphatic heterocycles. The summed E-state index contributed by atoms with van der Waals surface area (Å²) in [4.78, 5) is 0. The lowest BCUT2D eigenvalue weighted by Crippen LogP contribution is -2.34. The van der Waals surface area contributed by atoms with Crippen LogP contribution in [0.2, 0.25) is 0 Å². The maximum Gasteiger partial charge on any atom is 0.0624 e. The van der Waals surface area contributed by atoms with Crippen LogP contribution >= 0.6 is 12.6 Å². The topological polar surface area (TPSA) is 18.5 Å². The third-order valence-corrected chi connectivity index (χ3v) is 3.13. The van der Waals surface area contributed by atoms with Crippen LogP contribution in [0.1, 0.15) is 46.0 Å². The molecule has 0 aromatic carbocycles. The van der Waals surface area contributed by atoms with Gasteiger partial charge in [-0.3, -0.25) is 0 Å². The summed E-state index contributed by atoms with van der Waals surface area (Å²) >= 11 is 4.19. The predicted molar refractivity (Wildman–Crippen MR) is 66.7 cm³/mol. The minimum Gasteiger partial charge on any atom is -0.378 e. The van der Waals surface area contributed by atoms with E-state index in [4.69, 9.17) is 9.47 Å². The van der Waals surface area contributed by atoms with E-state index in [-0.39, 0.29) is 0 Å². The first kappa shape index (κ1) is 13.3. The molecule has 1 heterocycles. The van der Waals surface area contributed by atoms with Crippen LogP contribution < -0.4 is 0 Å². The van der Waals surface area contributed by atoms with Gasteiger partial charge in [0.15, 0.2) is 0 Å². The Labute approximate surface area is 99.1 Å². The van der Waals surface area contributed by atoms with Gasteiger partial charge >= 0.3 is 0 Å². The van der Waals surface area contributed by atoms with E-state index in [1.54, 1.807) is 0 Å². The van der Waals surface area contributed by atoms with Crippen LogP contribution in [0.15, 0.2) is 0 Å². The van der Waals surface area contributed by atoms with Crippen LogP contribution in [0.5, 0.6) is 0 Å². The second kappa shape index (κ2) is 7.53. The molecule has 0 aromatic rings. The monoisotopic (exact) mass is 232 g/mol. The molecule has 15 heavy (non-hydrogen) atoms. The Kier molecular flexibility index (Phi) is 6.69. The van der Waals surface area contributed by atoms with Crippen LogP contribution in [-0.4, -0.2) is 30.7 Å². The Morgan fingerprint density at radius 3 is 2.40 bits per heavy atom. The van der Waals surface area contributed by atoms with Gasteiger partial charge in [-0.1, -0.05) is 6.42 Å². The summed E-state index contributed by atoms with van der Waals surface area (Å²) in [6, 6.07) is 0. The van der Waals surface area contributed by atoms with Crippen LogP contribution in [0, 0.1) is 0 Å². The molecule has 3 heteroatoms. The largest absolute Gasteiger partial charge is 0.378 e. The highest BCUT2D eigenvalue weighted by atomic mass is 32.1. The number of unbranched alkanes of at least 4 members (excludes halogenated alkanes) is 2. The predicted octanol–water partition coefficient (Wildman–Crippen LogP) is 3.06. The fraction of sp³-hybridized carbons (Fsp3) is 1.00. The van der Waals surface area contributed by atoms with Gasteiger partial charge in [0.2, 0.25) is 0 Å². The van der Waals surface area contributed by atoms with Crippen molar-refractivity contribution in [2.75, 3.05) is 12.4 Å². The smallest absolute Gasteiger partial charge is 0.0624 e. The third kappa shape index (κ3) is 5.79. The van der Waals surface area contributed by atoms with E-state index in [9.17, 15) is 0 Å². The van der Waals surface area contributed by atoms with Crippen molar-refractivity contribution in [2.24, 2.45) is 0 Å². The number of hydrogen-bond donors (Lipinski definition) is 1. The molecule has 2 nitrogen and oxygen atoms in total. The second-order valence-corrected chi connectivity index (χ2v) is 4.95. The van der Waals surface area contributed by atoms with Gasteiger partial charge < -0.3 is 9.47 Å². The van der Waals surface area contributed by atoms with E-state index >= 15 is 0 Å². The van der Waals surface area contributed by atoms with Gasteiger partial charge in [0.25, 0.3) is 0 Å².